The van der Waals surface area contributed by atoms with Gasteiger partial charge in [0, 0.05) is 37.5 Å². The quantitative estimate of drug-likeness (QED) is 0.393. The molecule has 2 aromatic carbocycles. The smallest absolute Gasteiger partial charge is 0.224 e. The lowest BCUT2D eigenvalue weighted by Gasteiger charge is -2.31. The summed E-state index contributed by atoms with van der Waals surface area (Å²) < 4.78 is 8.87. The van der Waals surface area contributed by atoms with Crippen LogP contribution < -0.4 is 4.74 Å². The molecule has 1 N–H and O–H groups in total. The first kappa shape index (κ1) is 21.8. The number of methoxy groups -OCH3 is 1. The predicted molar refractivity (Wildman–Crippen MR) is 132 cm³/mol. The number of rotatable bonds is 6. The number of nitrogens with one attached hydrogen (secondary N) is 1. The molecule has 0 unspecified atom stereocenters. The molecule has 0 saturated carbocycles. The van der Waals surface area contributed by atoms with Gasteiger partial charge in [0.05, 0.1) is 22.3 Å². The van der Waals surface area contributed by atoms with Crippen LogP contribution in [0, 0.1) is 4.77 Å². The first-order valence-electron chi connectivity index (χ1n) is 11.1. The van der Waals surface area contributed by atoms with Crippen LogP contribution in [-0.2, 0) is 11.3 Å². The van der Waals surface area contributed by atoms with E-state index in [1.54, 1.807) is 18.4 Å². The molecule has 1 saturated heterocycles. The van der Waals surface area contributed by atoms with Gasteiger partial charge in [-0.1, -0.05) is 12.1 Å². The maximum atomic E-state index is 12.9. The van der Waals surface area contributed by atoms with Crippen LogP contribution >= 0.6 is 23.6 Å². The third kappa shape index (κ3) is 4.56. The number of piperidine rings is 1. The Hall–Kier alpha value is -3.04. The van der Waals surface area contributed by atoms with Gasteiger partial charge in [0.25, 0.3) is 0 Å². The third-order valence-corrected chi connectivity index (χ3v) is 7.67. The lowest BCUT2D eigenvalue weighted by molar-refractivity contribution is -0.132. The third-order valence-electron chi connectivity index (χ3n) is 6.16. The Labute approximate surface area is 201 Å². The molecule has 0 aliphatic carbocycles. The van der Waals surface area contributed by atoms with Crippen LogP contribution in [0.1, 0.15) is 30.2 Å². The van der Waals surface area contributed by atoms with Crippen LogP contribution in [0.2, 0.25) is 0 Å². The topological polar surface area (TPSA) is 76.0 Å². The van der Waals surface area contributed by atoms with E-state index in [9.17, 15) is 4.79 Å². The van der Waals surface area contributed by atoms with Crippen LogP contribution in [0.3, 0.4) is 0 Å². The van der Waals surface area contributed by atoms with Crippen molar-refractivity contribution in [3.05, 3.63) is 58.3 Å². The van der Waals surface area contributed by atoms with Gasteiger partial charge in [0.2, 0.25) is 5.91 Å². The first-order valence-corrected chi connectivity index (χ1v) is 12.3. The molecule has 2 aromatic heterocycles. The lowest BCUT2D eigenvalue weighted by Crippen LogP contribution is -2.38. The molecular weight excluding hydrogens is 454 g/mol. The molecule has 5 rings (SSSR count). The van der Waals surface area contributed by atoms with Crippen LogP contribution in [-0.4, -0.2) is 50.8 Å². The van der Waals surface area contributed by atoms with Crippen molar-refractivity contribution >= 4 is 39.7 Å². The number of carbonyl (C=O) groups excluding carboxylic acids is 1. The van der Waals surface area contributed by atoms with Gasteiger partial charge in [-0.05, 0) is 61.5 Å². The molecule has 1 amide bonds. The zero-order valence-electron chi connectivity index (χ0n) is 18.4. The summed E-state index contributed by atoms with van der Waals surface area (Å²) in [4.78, 5) is 19.7. The molecule has 1 aliphatic rings. The van der Waals surface area contributed by atoms with Crippen molar-refractivity contribution in [2.45, 2.75) is 31.7 Å². The summed E-state index contributed by atoms with van der Waals surface area (Å²) >= 11 is 7.19. The SMILES string of the molecule is COc1ccc(-c2n[nH]c(=S)n2CCC(=O)N2CCC(c3nc4ccccc4s3)CC2)cc1. The number of thiazole rings is 1. The molecule has 0 spiro atoms. The summed E-state index contributed by atoms with van der Waals surface area (Å²) in [5.74, 6) is 2.09. The zero-order valence-corrected chi connectivity index (χ0v) is 20.0. The van der Waals surface area contributed by atoms with Gasteiger partial charge < -0.3 is 9.64 Å². The number of benzene rings is 2. The molecule has 1 fully saturated rings. The average molecular weight is 480 g/mol. The highest BCUT2D eigenvalue weighted by Crippen LogP contribution is 2.34. The van der Waals surface area contributed by atoms with Crippen molar-refractivity contribution < 1.29 is 9.53 Å². The summed E-state index contributed by atoms with van der Waals surface area (Å²) in [6.45, 7) is 2.02. The Bertz CT molecular complexity index is 1280. The van der Waals surface area contributed by atoms with Crippen LogP contribution in [0.4, 0.5) is 0 Å². The fraction of sp³-hybridized carbons (Fsp3) is 0.333. The van der Waals surface area contributed by atoms with Crippen molar-refractivity contribution in [3.8, 4) is 17.1 Å². The molecule has 9 heteroatoms. The molecule has 33 heavy (non-hydrogen) atoms. The normalized spacial score (nSPS) is 14.6. The first-order chi connectivity index (χ1) is 16.1. The molecule has 0 bridgehead atoms. The fourth-order valence-corrected chi connectivity index (χ4v) is 5.65. The molecule has 0 atom stereocenters. The molecule has 7 nitrogen and oxygen atoms in total. The number of aromatic nitrogens is 4. The van der Waals surface area contributed by atoms with E-state index >= 15 is 0 Å². The standard InChI is InChI=1S/C24H25N5O2S2/c1-31-18-8-6-16(7-9-18)22-26-27-24(32)29(22)15-12-21(30)28-13-10-17(11-14-28)23-25-19-4-2-3-5-20(19)33-23/h2-9,17H,10-15H2,1H3,(H,27,32). The second-order valence-corrected chi connectivity index (χ2v) is 9.61. The highest BCUT2D eigenvalue weighted by atomic mass is 32.1. The van der Waals surface area contributed by atoms with Gasteiger partial charge in [-0.15, -0.1) is 11.3 Å². The Morgan fingerprint density at radius 3 is 2.67 bits per heavy atom. The number of aromatic amines is 1. The predicted octanol–water partition coefficient (Wildman–Crippen LogP) is 5.02. The molecule has 1 aliphatic heterocycles. The number of ether oxygens (including phenoxy) is 1. The number of amides is 1. The highest BCUT2D eigenvalue weighted by Gasteiger charge is 2.26. The number of para-hydroxylation sites is 1. The zero-order chi connectivity index (χ0) is 22.8. The fourth-order valence-electron chi connectivity index (χ4n) is 4.29. The number of carbonyl (C=O) groups is 1. The summed E-state index contributed by atoms with van der Waals surface area (Å²) in [6.07, 6.45) is 2.30. The molecule has 0 radical (unpaired) electrons. The van der Waals surface area contributed by atoms with Crippen LogP contribution in [0.25, 0.3) is 21.6 Å². The number of nitrogens with zero attached hydrogens (tertiary/aromatic N) is 4. The summed E-state index contributed by atoms with van der Waals surface area (Å²) in [5.41, 5.74) is 1.99. The maximum Gasteiger partial charge on any atom is 0.224 e. The number of hydrogen-bond donors (Lipinski definition) is 1. The Morgan fingerprint density at radius 1 is 1.18 bits per heavy atom. The number of likely N-dealkylation sites (tertiary alicyclic amines) is 1. The molecular formula is C24H25N5O2S2. The van der Waals surface area contributed by atoms with Crippen molar-refractivity contribution in [3.63, 3.8) is 0 Å². The van der Waals surface area contributed by atoms with Crippen molar-refractivity contribution in [2.75, 3.05) is 20.2 Å². The van der Waals surface area contributed by atoms with E-state index in [0.29, 0.717) is 23.7 Å². The summed E-state index contributed by atoms with van der Waals surface area (Å²) in [7, 11) is 1.64. The van der Waals surface area contributed by atoms with Gasteiger partial charge in [0.15, 0.2) is 10.6 Å². The van der Waals surface area contributed by atoms with Gasteiger partial charge in [-0.3, -0.25) is 14.5 Å². The van der Waals surface area contributed by atoms with Gasteiger partial charge in [-0.25, -0.2) is 4.98 Å². The number of fused-ring (bicyclic) bond motifs is 1. The van der Waals surface area contributed by atoms with E-state index in [0.717, 1.165) is 48.6 Å². The second-order valence-electron chi connectivity index (χ2n) is 8.16. The largest absolute Gasteiger partial charge is 0.497 e. The maximum absolute atomic E-state index is 12.9. The lowest BCUT2D eigenvalue weighted by atomic mass is 9.97. The van der Waals surface area contributed by atoms with Crippen LogP contribution in [0.5, 0.6) is 5.75 Å². The van der Waals surface area contributed by atoms with Crippen molar-refractivity contribution in [1.82, 2.24) is 24.6 Å². The number of H-pyrrole nitrogens is 1. The van der Waals surface area contributed by atoms with Crippen LogP contribution in [0.15, 0.2) is 48.5 Å². The molecule has 170 valence electrons. The summed E-state index contributed by atoms with van der Waals surface area (Å²) in [6, 6.07) is 15.9. The Morgan fingerprint density at radius 2 is 1.94 bits per heavy atom. The van der Waals surface area contributed by atoms with E-state index < -0.39 is 0 Å². The van der Waals surface area contributed by atoms with E-state index in [4.69, 9.17) is 21.9 Å². The van der Waals surface area contributed by atoms with E-state index in [1.165, 1.54) is 9.71 Å². The van der Waals surface area contributed by atoms with E-state index in [1.807, 2.05) is 39.8 Å². The minimum Gasteiger partial charge on any atom is -0.497 e. The highest BCUT2D eigenvalue weighted by molar-refractivity contribution is 7.71. The Balaban J connectivity index is 1.20. The van der Waals surface area contributed by atoms with Gasteiger partial charge in [-0.2, -0.15) is 5.10 Å². The van der Waals surface area contributed by atoms with Crippen molar-refractivity contribution in [1.29, 1.82) is 0 Å². The summed E-state index contributed by atoms with van der Waals surface area (Å²) in [5, 5.41) is 8.42. The van der Waals surface area contributed by atoms with E-state index in [-0.39, 0.29) is 5.91 Å². The van der Waals surface area contributed by atoms with Crippen molar-refractivity contribution in [2.24, 2.45) is 0 Å². The van der Waals surface area contributed by atoms with Gasteiger partial charge >= 0.3 is 0 Å². The van der Waals surface area contributed by atoms with E-state index in [2.05, 4.69) is 28.4 Å². The molecule has 4 aromatic rings. The number of hydrogen-bond acceptors (Lipinski definition) is 6. The molecule has 3 heterocycles. The van der Waals surface area contributed by atoms with Gasteiger partial charge in [0.1, 0.15) is 5.75 Å². The minimum absolute atomic E-state index is 0.154. The minimum atomic E-state index is 0.154. The second kappa shape index (κ2) is 9.44. The Kier molecular flexibility index (Phi) is 6.24. The monoisotopic (exact) mass is 479 g/mol. The average Bonchev–Trinajstić information content (AvgIpc) is 3.46.